The number of fused-ring (bicyclic) bond motifs is 1. The van der Waals surface area contributed by atoms with Crippen molar-refractivity contribution in [2.24, 2.45) is 0 Å². The number of benzene rings is 1. The lowest BCUT2D eigenvalue weighted by Crippen LogP contribution is -2.50. The number of hydrogen-bond acceptors (Lipinski definition) is 5. The molecule has 3 rings (SSSR count). The lowest BCUT2D eigenvalue weighted by Gasteiger charge is -2.32. The molecule has 2 aliphatic rings. The second-order valence-corrected chi connectivity index (χ2v) is 6.09. The Morgan fingerprint density at radius 3 is 2.88 bits per heavy atom. The maximum absolute atomic E-state index is 12.4. The van der Waals surface area contributed by atoms with Gasteiger partial charge in [-0.05, 0) is 19.1 Å². The second-order valence-electron chi connectivity index (χ2n) is 6.09. The van der Waals surface area contributed by atoms with Crippen LogP contribution in [-0.2, 0) is 9.59 Å². The number of amides is 2. The number of nitrogens with one attached hydrogen (secondary N) is 2. The Morgan fingerprint density at radius 2 is 2.08 bits per heavy atom. The van der Waals surface area contributed by atoms with Gasteiger partial charge in [0.2, 0.25) is 5.91 Å². The summed E-state index contributed by atoms with van der Waals surface area (Å²) < 4.78 is 5.58. The standard InChI is InChI=1S/C17H24N4O3/c1-13-17(23)21(14-4-2-3-5-15(14)24-13)12-16(22)19-8-11-20-9-6-18-7-10-20/h2-5,13,18H,6-12H2,1H3,(H,19,22). The van der Waals surface area contributed by atoms with Crippen LogP contribution in [0.1, 0.15) is 6.92 Å². The maximum atomic E-state index is 12.4. The molecule has 0 aliphatic carbocycles. The van der Waals surface area contributed by atoms with Gasteiger partial charge < -0.3 is 15.4 Å². The minimum Gasteiger partial charge on any atom is -0.479 e. The lowest BCUT2D eigenvalue weighted by molar-refractivity contribution is -0.128. The summed E-state index contributed by atoms with van der Waals surface area (Å²) in [6, 6.07) is 7.30. The molecule has 1 aromatic carbocycles. The van der Waals surface area contributed by atoms with Crippen molar-refractivity contribution in [3.63, 3.8) is 0 Å². The van der Waals surface area contributed by atoms with Crippen molar-refractivity contribution in [3.05, 3.63) is 24.3 Å². The molecule has 1 atom stereocenters. The molecule has 2 amide bonds. The monoisotopic (exact) mass is 332 g/mol. The van der Waals surface area contributed by atoms with Crippen LogP contribution in [0.4, 0.5) is 5.69 Å². The first kappa shape index (κ1) is 16.7. The van der Waals surface area contributed by atoms with Gasteiger partial charge in [0.05, 0.1) is 5.69 Å². The molecule has 0 saturated carbocycles. The minimum absolute atomic E-state index is 0.0190. The van der Waals surface area contributed by atoms with Gasteiger partial charge in [-0.15, -0.1) is 0 Å². The number of carbonyl (C=O) groups excluding carboxylic acids is 2. The molecule has 0 bridgehead atoms. The first-order valence-corrected chi connectivity index (χ1v) is 8.42. The first-order chi connectivity index (χ1) is 11.6. The van der Waals surface area contributed by atoms with Crippen LogP contribution in [0.5, 0.6) is 5.75 Å². The molecule has 0 aromatic heterocycles. The lowest BCUT2D eigenvalue weighted by atomic mass is 10.2. The molecule has 0 spiro atoms. The highest BCUT2D eigenvalue weighted by Gasteiger charge is 2.32. The van der Waals surface area contributed by atoms with Crippen LogP contribution >= 0.6 is 0 Å². The van der Waals surface area contributed by atoms with Crippen molar-refractivity contribution >= 4 is 17.5 Å². The maximum Gasteiger partial charge on any atom is 0.268 e. The molecule has 1 aromatic rings. The van der Waals surface area contributed by atoms with Crippen LogP contribution in [0.15, 0.2) is 24.3 Å². The molecule has 24 heavy (non-hydrogen) atoms. The average Bonchev–Trinajstić information content (AvgIpc) is 2.60. The van der Waals surface area contributed by atoms with E-state index in [1.165, 1.54) is 4.90 Å². The first-order valence-electron chi connectivity index (χ1n) is 8.42. The highest BCUT2D eigenvalue weighted by atomic mass is 16.5. The van der Waals surface area contributed by atoms with Crippen molar-refractivity contribution in [1.29, 1.82) is 0 Å². The molecule has 0 radical (unpaired) electrons. The van der Waals surface area contributed by atoms with E-state index in [2.05, 4.69) is 15.5 Å². The van der Waals surface area contributed by atoms with Gasteiger partial charge >= 0.3 is 0 Å². The quantitative estimate of drug-likeness (QED) is 0.783. The van der Waals surface area contributed by atoms with E-state index in [1.54, 1.807) is 13.0 Å². The van der Waals surface area contributed by atoms with E-state index in [-0.39, 0.29) is 18.4 Å². The third kappa shape index (κ3) is 3.85. The number of piperazine rings is 1. The topological polar surface area (TPSA) is 73.9 Å². The predicted molar refractivity (Wildman–Crippen MR) is 91.2 cm³/mol. The number of anilines is 1. The Kier molecular flexibility index (Phi) is 5.32. The highest BCUT2D eigenvalue weighted by Crippen LogP contribution is 2.33. The molecular weight excluding hydrogens is 308 g/mol. The molecule has 2 N–H and O–H groups in total. The van der Waals surface area contributed by atoms with E-state index in [0.717, 1.165) is 32.7 Å². The predicted octanol–water partition coefficient (Wildman–Crippen LogP) is -0.178. The molecule has 7 nitrogen and oxygen atoms in total. The third-order valence-electron chi connectivity index (χ3n) is 4.34. The number of rotatable bonds is 5. The van der Waals surface area contributed by atoms with E-state index in [4.69, 9.17) is 4.74 Å². The van der Waals surface area contributed by atoms with Gasteiger partial charge in [-0.1, -0.05) is 12.1 Å². The number of ether oxygens (including phenoxy) is 1. The fourth-order valence-electron chi connectivity index (χ4n) is 3.01. The highest BCUT2D eigenvalue weighted by molar-refractivity contribution is 6.03. The van der Waals surface area contributed by atoms with Crippen LogP contribution < -0.4 is 20.3 Å². The molecule has 1 saturated heterocycles. The van der Waals surface area contributed by atoms with Crippen LogP contribution in [0.2, 0.25) is 0 Å². The van der Waals surface area contributed by atoms with E-state index in [1.807, 2.05) is 18.2 Å². The van der Waals surface area contributed by atoms with Crippen LogP contribution in [0.25, 0.3) is 0 Å². The zero-order valence-corrected chi connectivity index (χ0v) is 14.0. The summed E-state index contributed by atoms with van der Waals surface area (Å²) in [5, 5.41) is 6.21. The van der Waals surface area contributed by atoms with Gasteiger partial charge in [-0.2, -0.15) is 0 Å². The zero-order valence-electron chi connectivity index (χ0n) is 14.0. The fraction of sp³-hybridized carbons (Fsp3) is 0.529. The smallest absolute Gasteiger partial charge is 0.268 e. The Bertz CT molecular complexity index is 601. The normalized spacial score (nSPS) is 21.1. The summed E-state index contributed by atoms with van der Waals surface area (Å²) in [4.78, 5) is 28.4. The minimum atomic E-state index is -0.575. The molecule has 1 unspecified atom stereocenters. The number of nitrogens with zero attached hydrogens (tertiary/aromatic N) is 2. The fourth-order valence-corrected chi connectivity index (χ4v) is 3.01. The van der Waals surface area contributed by atoms with E-state index >= 15 is 0 Å². The van der Waals surface area contributed by atoms with Crippen molar-refractivity contribution in [1.82, 2.24) is 15.5 Å². The molecule has 2 aliphatic heterocycles. The molecule has 130 valence electrons. The van der Waals surface area contributed by atoms with Gasteiger partial charge in [0.15, 0.2) is 6.10 Å². The average molecular weight is 332 g/mol. The van der Waals surface area contributed by atoms with Crippen molar-refractivity contribution in [3.8, 4) is 5.75 Å². The summed E-state index contributed by atoms with van der Waals surface area (Å²) in [6.07, 6.45) is -0.575. The van der Waals surface area contributed by atoms with Gasteiger partial charge in [0.25, 0.3) is 5.91 Å². The van der Waals surface area contributed by atoms with E-state index < -0.39 is 6.10 Å². The van der Waals surface area contributed by atoms with E-state index in [0.29, 0.717) is 18.0 Å². The van der Waals surface area contributed by atoms with Crippen LogP contribution in [-0.4, -0.2) is 68.6 Å². The summed E-state index contributed by atoms with van der Waals surface area (Å²) in [7, 11) is 0. The van der Waals surface area contributed by atoms with E-state index in [9.17, 15) is 9.59 Å². The van der Waals surface area contributed by atoms with Crippen molar-refractivity contribution < 1.29 is 14.3 Å². The van der Waals surface area contributed by atoms with Crippen LogP contribution in [0, 0.1) is 0 Å². The number of para-hydroxylation sites is 2. The molecule has 1 fully saturated rings. The Labute approximate surface area is 141 Å². The van der Waals surface area contributed by atoms with Crippen molar-refractivity contribution in [2.75, 3.05) is 50.7 Å². The third-order valence-corrected chi connectivity index (χ3v) is 4.34. The van der Waals surface area contributed by atoms with Crippen molar-refractivity contribution in [2.45, 2.75) is 13.0 Å². The Morgan fingerprint density at radius 1 is 1.33 bits per heavy atom. The van der Waals surface area contributed by atoms with Gasteiger partial charge in [-0.3, -0.25) is 19.4 Å². The number of hydrogen-bond donors (Lipinski definition) is 2. The second kappa shape index (κ2) is 7.63. The van der Waals surface area contributed by atoms with Crippen LogP contribution in [0.3, 0.4) is 0 Å². The zero-order chi connectivity index (χ0) is 16.9. The Hall–Kier alpha value is -2.12. The SMILES string of the molecule is CC1Oc2ccccc2N(CC(=O)NCCN2CCNCC2)C1=O. The van der Waals surface area contributed by atoms with Gasteiger partial charge in [-0.25, -0.2) is 0 Å². The molecule has 2 heterocycles. The summed E-state index contributed by atoms with van der Waals surface area (Å²) in [6.45, 7) is 7.13. The molecular formula is C17H24N4O3. The Balaban J connectivity index is 1.54. The number of carbonyl (C=O) groups is 2. The summed E-state index contributed by atoms with van der Waals surface area (Å²) >= 11 is 0. The summed E-state index contributed by atoms with van der Waals surface area (Å²) in [5.41, 5.74) is 0.651. The van der Waals surface area contributed by atoms with Gasteiger partial charge in [0, 0.05) is 39.3 Å². The van der Waals surface area contributed by atoms with Gasteiger partial charge in [0.1, 0.15) is 12.3 Å². The summed E-state index contributed by atoms with van der Waals surface area (Å²) in [5.74, 6) is 0.298. The molecule has 7 heteroatoms. The largest absolute Gasteiger partial charge is 0.479 e.